The molecule has 2 fully saturated rings. The van der Waals surface area contributed by atoms with Crippen molar-refractivity contribution >= 4 is 15.2 Å². The third-order valence-corrected chi connectivity index (χ3v) is 4.62. The molecule has 0 radical (unpaired) electrons. The van der Waals surface area contributed by atoms with E-state index in [1.807, 2.05) is 0 Å². The Labute approximate surface area is 339 Å². The van der Waals surface area contributed by atoms with Crippen LogP contribution in [0.2, 0.25) is 0 Å². The Morgan fingerprint density at radius 1 is 0.370 bits per heavy atom. The van der Waals surface area contributed by atoms with Crippen LogP contribution in [-0.4, -0.2) is 75.6 Å². The van der Waals surface area contributed by atoms with E-state index in [1.165, 1.54) is 66.2 Å². The van der Waals surface area contributed by atoms with Crippen molar-refractivity contribution in [3.05, 3.63) is 0 Å². The molecule has 314 valence electrons. The molecule has 0 amide bonds. The van der Waals surface area contributed by atoms with Gasteiger partial charge >= 0.3 is 0 Å². The van der Waals surface area contributed by atoms with Crippen molar-refractivity contribution in [1.82, 2.24) is 0 Å². The monoisotopic (exact) mass is 1160 g/mol. The third kappa shape index (κ3) is 226. The van der Waals surface area contributed by atoms with E-state index in [0.717, 1.165) is 0 Å². The molecule has 0 bridgehead atoms. The molecule has 27 nitrogen and oxygen atoms in total. The van der Waals surface area contributed by atoms with Crippen molar-refractivity contribution in [2.75, 3.05) is 64.7 Å². The van der Waals surface area contributed by atoms with Gasteiger partial charge in [-0.15, -0.1) is 0 Å². The molecule has 0 aromatic rings. The molecule has 2 heterocycles. The molecule has 46 heavy (non-hydrogen) atoms. The van der Waals surface area contributed by atoms with Gasteiger partial charge in [-0.25, -0.2) is 0 Å². The van der Waals surface area contributed by atoms with Crippen LogP contribution in [0.5, 0.6) is 0 Å². The van der Waals surface area contributed by atoms with Gasteiger partial charge in [0, 0.05) is 105 Å². The molecular formula is C12H38Mo5N4O23P2-30. The molecule has 2 rings (SSSR count). The Bertz CT molecular complexity index is 342. The van der Waals surface area contributed by atoms with E-state index in [9.17, 15) is 28.7 Å². The van der Waals surface area contributed by atoms with Crippen molar-refractivity contribution in [1.29, 1.82) is 0 Å². The van der Waals surface area contributed by atoms with Gasteiger partial charge in [0.2, 0.25) is 0 Å². The van der Waals surface area contributed by atoms with Crippen molar-refractivity contribution in [3.8, 4) is 0 Å². The topological polar surface area (TPSA) is 683 Å². The minimum atomic E-state index is -4.15. The van der Waals surface area contributed by atoms with E-state index in [1.54, 1.807) is 0 Å². The predicted molar refractivity (Wildman–Crippen MR) is 100 cm³/mol. The molecule has 0 unspecified atom stereocenters. The van der Waals surface area contributed by atoms with Crippen LogP contribution < -0.4 is 40.8 Å². The molecule has 34 heteroatoms. The van der Waals surface area contributed by atoms with E-state index in [-0.39, 0.29) is 211 Å². The quantitative estimate of drug-likeness (QED) is 0.154. The number of quaternary nitrogens is 4. The number of nitrogens with two attached hydrogens (primary N) is 4. The molecule has 0 aromatic carbocycles. The van der Waals surface area contributed by atoms with Gasteiger partial charge in [0.05, 0.1) is 0 Å². The van der Waals surface area contributed by atoms with Crippen LogP contribution in [0.1, 0.15) is 13.8 Å². The van der Waals surface area contributed by atoms with Crippen LogP contribution in [0.3, 0.4) is 0 Å². The average molecular weight is 1150 g/mol. The van der Waals surface area contributed by atoms with Gasteiger partial charge in [-0.05, 0) is 12.3 Å². The van der Waals surface area contributed by atoms with Crippen LogP contribution >= 0.6 is 15.2 Å². The third-order valence-electron chi connectivity index (χ3n) is 3.07. The number of rotatable bonds is 2. The van der Waals surface area contributed by atoms with Gasteiger partial charge in [-0.3, -0.25) is 0 Å². The van der Waals surface area contributed by atoms with Crippen LogP contribution in [0.25, 0.3) is 0 Å². The summed E-state index contributed by atoms with van der Waals surface area (Å²) in [6, 6.07) is 0. The predicted octanol–water partition coefficient (Wildman–Crippen LogP) is -11.4. The Kier molecular flexibility index (Phi) is 496. The summed E-state index contributed by atoms with van der Waals surface area (Å²) >= 11 is 0. The molecule has 2 aliphatic heterocycles. The van der Waals surface area contributed by atoms with E-state index < -0.39 is 15.2 Å². The van der Waals surface area contributed by atoms with E-state index >= 15 is 0 Å². The van der Waals surface area contributed by atoms with Gasteiger partial charge in [0.1, 0.15) is 52.4 Å². The summed E-state index contributed by atoms with van der Waals surface area (Å²) in [5.74, 6) is 0. The summed E-state index contributed by atoms with van der Waals surface area (Å²) in [6.07, 6.45) is -0.569. The zero-order valence-electron chi connectivity index (χ0n) is 23.9. The fourth-order valence-electron chi connectivity index (χ4n) is 1.52. The van der Waals surface area contributed by atoms with E-state index in [0.29, 0.717) is 0 Å². The normalized spacial score (nSPS) is 9.35. The van der Waals surface area contributed by atoms with Crippen molar-refractivity contribution in [3.63, 3.8) is 0 Å². The second-order valence-electron chi connectivity index (χ2n) is 5.32. The van der Waals surface area contributed by atoms with Gasteiger partial charge in [-0.1, -0.05) is 29.0 Å². The summed E-state index contributed by atoms with van der Waals surface area (Å²) in [5, 5.41) is 9.44. The van der Waals surface area contributed by atoms with Crippen molar-refractivity contribution in [2.45, 2.75) is 13.8 Å². The molecule has 0 atom stereocenters. The summed E-state index contributed by atoms with van der Waals surface area (Å²) in [7, 11) is -8.29. The molecular weight excluding hydrogens is 1110 g/mol. The van der Waals surface area contributed by atoms with Gasteiger partial charge < -0.3 is 143 Å². The van der Waals surface area contributed by atoms with Crippen LogP contribution in [0.4, 0.5) is 0 Å². The van der Waals surface area contributed by atoms with E-state index in [4.69, 9.17) is 0 Å². The molecule has 12 N–H and O–H groups in total. The van der Waals surface area contributed by atoms with Gasteiger partial charge in [-0.2, -0.15) is 0 Å². The first-order valence-electron chi connectivity index (χ1n) is 8.41. The standard InChI is InChI=1S/2C4H10N2.2C2H7O3P.5Mo.2H2O.15O/c2*1-2-6-4-3-5-1;2*1-2-6(3,4)5;;;;;;;;;;;;;;;;;;;;;;/h2*5-6H,1-4H2;2*2H2,1H3,(H2,3,4,5);;;;;;2*1H2;;;;;;;;;;;;;;;/q;;;;;;;;;;;15*-2. The Morgan fingerprint density at radius 2 is 0.435 bits per heavy atom. The fourth-order valence-corrected chi connectivity index (χ4v) is 1.52. The van der Waals surface area contributed by atoms with Crippen LogP contribution in [0, 0.1) is 0 Å². The summed E-state index contributed by atoms with van der Waals surface area (Å²) in [5.41, 5.74) is 0. The number of piperazine rings is 2. The maximum absolute atomic E-state index is 9.47. The smallest absolute Gasteiger partial charge is 0.125 e. The zero-order valence-corrected chi connectivity index (χ0v) is 35.7. The maximum atomic E-state index is 9.47. The molecule has 0 spiro atoms. The molecule has 0 aliphatic carbocycles. The second kappa shape index (κ2) is 126. The molecule has 0 aromatic heterocycles. The number of hydrogen-bond donors (Lipinski definition) is 4. The first-order valence-corrected chi connectivity index (χ1v) is 11.9. The average Bonchev–Trinajstić information content (AvgIpc) is 2.58. The maximum Gasteiger partial charge on any atom is 0.125 e. The SMILES string of the molecule is C1C[NH2+]CC[NH2+]1.C1C[NH2+]CC[NH2+]1.CCP(=O)([O-])[O-].CCP(=O)([O-])[O-].O.O.[Mo].[Mo].[Mo].[Mo].[Mo].[O-2].[O-2].[O-2].[O-2].[O-2].[O-2].[O-2].[O-2].[O-2].[O-2].[O-2].[O-2].[O-2].[O-2].[O-2]. The van der Waals surface area contributed by atoms with Gasteiger partial charge in [0.15, 0.2) is 0 Å². The summed E-state index contributed by atoms with van der Waals surface area (Å²) in [4.78, 5) is 37.9. The summed E-state index contributed by atoms with van der Waals surface area (Å²) < 4.78 is 18.9. The first kappa shape index (κ1) is 181. The number of hydrogen-bond acceptors (Lipinski definition) is 6. The largest absolute Gasteiger partial charge is 2.00 e. The Balaban J connectivity index is -0.00000000550. The Hall–Kier alpha value is 2.90. The zero-order chi connectivity index (χ0) is 18.9. The second-order valence-corrected chi connectivity index (χ2v) is 9.03. The molecule has 0 saturated carbocycles. The first-order chi connectivity index (χ1) is 11.1. The Morgan fingerprint density at radius 3 is 0.457 bits per heavy atom. The van der Waals surface area contributed by atoms with Crippen molar-refractivity contribution in [2.24, 2.45) is 0 Å². The van der Waals surface area contributed by atoms with Crippen molar-refractivity contribution < 1.29 is 248 Å². The molecule has 2 saturated heterocycles. The molecule has 2 aliphatic rings. The minimum absolute atomic E-state index is 0. The van der Waals surface area contributed by atoms with Crippen LogP contribution in [0.15, 0.2) is 0 Å². The summed E-state index contributed by atoms with van der Waals surface area (Å²) in [6.45, 7) is 13.2. The fraction of sp³-hybridized carbons (Fsp3) is 1.00. The van der Waals surface area contributed by atoms with Gasteiger partial charge in [0.25, 0.3) is 0 Å². The van der Waals surface area contributed by atoms with E-state index in [2.05, 4.69) is 21.3 Å². The van der Waals surface area contributed by atoms with Crippen LogP contribution in [-0.2, 0) is 197 Å². The minimum Gasteiger partial charge on any atom is -2.00 e.